The Bertz CT molecular complexity index is 2840. The molecule has 6 atom stereocenters. The average Bonchev–Trinajstić information content (AvgIpc) is 3.31. The van der Waals surface area contributed by atoms with Crippen molar-refractivity contribution in [3.63, 3.8) is 0 Å². The first-order valence-corrected chi connectivity index (χ1v) is 22.8. The monoisotopic (exact) mass is 890 g/mol. The topological polar surface area (TPSA) is 162 Å². The van der Waals surface area contributed by atoms with E-state index in [1.165, 1.54) is 11.1 Å². The Morgan fingerprint density at radius 3 is 2.52 bits per heavy atom. The van der Waals surface area contributed by atoms with E-state index in [9.17, 15) is 29.7 Å². The maximum atomic E-state index is 15.0. The van der Waals surface area contributed by atoms with Crippen LogP contribution in [0.5, 0.6) is 5.75 Å². The second kappa shape index (κ2) is 19.3. The molecule has 3 N–H and O–H groups in total. The highest BCUT2D eigenvalue weighted by Crippen LogP contribution is 2.50. The van der Waals surface area contributed by atoms with Gasteiger partial charge in [-0.15, -0.1) is 0 Å². The van der Waals surface area contributed by atoms with E-state index < -0.39 is 48.8 Å². The van der Waals surface area contributed by atoms with Crippen molar-refractivity contribution < 1.29 is 48.3 Å². The summed E-state index contributed by atoms with van der Waals surface area (Å²) in [7, 11) is 0. The quantitative estimate of drug-likeness (QED) is 0.0252. The Balaban J connectivity index is 1.20. The first-order valence-electron chi connectivity index (χ1n) is 22.8. The number of carbonyl (C=O) groups is 2. The third-order valence-corrected chi connectivity index (χ3v) is 13.8. The molecular formula is C55H54O11. The summed E-state index contributed by atoms with van der Waals surface area (Å²) in [4.78, 5) is 43.4. The van der Waals surface area contributed by atoms with Gasteiger partial charge in [-0.25, -0.2) is 9.59 Å². The molecule has 1 aromatic heterocycles. The predicted octanol–water partition coefficient (Wildman–Crippen LogP) is 7.77. The second-order valence-electron chi connectivity index (χ2n) is 18.1. The number of carbonyl (C=O) groups excluding carboxylic acids is 2. The average molecular weight is 891 g/mol. The van der Waals surface area contributed by atoms with E-state index in [0.29, 0.717) is 30.2 Å². The van der Waals surface area contributed by atoms with Crippen molar-refractivity contribution in [2.45, 2.75) is 101 Å². The Morgan fingerprint density at radius 2 is 1.71 bits per heavy atom. The summed E-state index contributed by atoms with van der Waals surface area (Å²) in [5.41, 5.74) is 5.89. The van der Waals surface area contributed by atoms with Gasteiger partial charge < -0.3 is 38.7 Å². The molecule has 0 saturated carbocycles. The summed E-state index contributed by atoms with van der Waals surface area (Å²) in [5.74, 6) is 5.35. The molecule has 0 fully saturated rings. The first kappa shape index (κ1) is 44.9. The fraction of sp³-hybridized carbons (Fsp3) is 0.364. The number of rotatable bonds is 9. The van der Waals surface area contributed by atoms with E-state index >= 15 is 0 Å². The highest BCUT2D eigenvalue weighted by atomic mass is 16.6. The van der Waals surface area contributed by atoms with Crippen molar-refractivity contribution in [1.82, 2.24) is 0 Å². The fourth-order valence-electron chi connectivity index (χ4n) is 10.3. The van der Waals surface area contributed by atoms with Gasteiger partial charge in [-0.3, -0.25) is 4.79 Å². The van der Waals surface area contributed by atoms with Crippen molar-refractivity contribution in [2.75, 3.05) is 20.0 Å². The van der Waals surface area contributed by atoms with Crippen molar-refractivity contribution in [1.29, 1.82) is 0 Å². The standard InChI is InChI=1S/C55H54O11/c1-33(30-56)41-17-14-35-15-18-42-39(26-35)12-6-7-23-55(2)52(65-53(41)60)51(49-47(66-55)21-20-44-46(31-57)45(22-24-62-32-58)54(61)64-50(44)49)63-48(59)29-40-28-38(16-19-43(40)42)37-13-8-11-36(27-37)25-34-9-4-3-5-10-34/h3-5,8-11,13,15-16,18-21,26-27,38,40,43,51-52,56-58H,12,14,17,22-25,28-32H2,1-2H3/b41-33-/t38-,40+,43+,51+,52-,55+/m0/s1. The zero-order chi connectivity index (χ0) is 46.0. The number of ether oxygens (including phenoxy) is 4. The van der Waals surface area contributed by atoms with Gasteiger partial charge in [0.1, 0.15) is 18.1 Å². The summed E-state index contributed by atoms with van der Waals surface area (Å²) in [6.45, 7) is 1.99. The normalized spacial score (nSPS) is 24.4. The molecular weight excluding hydrogens is 837 g/mol. The van der Waals surface area contributed by atoms with Crippen LogP contribution >= 0.6 is 0 Å². The molecule has 1 aliphatic carbocycles. The van der Waals surface area contributed by atoms with Gasteiger partial charge in [-0.1, -0.05) is 96.8 Å². The van der Waals surface area contributed by atoms with Crippen LogP contribution in [0.2, 0.25) is 0 Å². The molecule has 0 saturated heterocycles. The zero-order valence-electron chi connectivity index (χ0n) is 37.2. The summed E-state index contributed by atoms with van der Waals surface area (Å²) in [6, 6.07) is 28.7. The van der Waals surface area contributed by atoms with E-state index in [-0.39, 0.29) is 90.2 Å². The number of esters is 2. The molecule has 0 spiro atoms. The van der Waals surface area contributed by atoms with Gasteiger partial charge in [0.05, 0.1) is 31.8 Å². The number of benzene rings is 4. The largest absolute Gasteiger partial charge is 0.482 e. The van der Waals surface area contributed by atoms with Gasteiger partial charge >= 0.3 is 17.6 Å². The molecule has 4 heterocycles. The number of fused-ring (bicyclic) bond motifs is 9. The van der Waals surface area contributed by atoms with Gasteiger partial charge in [-0.05, 0) is 102 Å². The number of aliphatic hydroxyl groups excluding tert-OH is 3. The molecule has 0 radical (unpaired) electrons. The van der Waals surface area contributed by atoms with Crippen LogP contribution in [0.4, 0.5) is 0 Å². The number of hydrogen-bond acceptors (Lipinski definition) is 11. The van der Waals surface area contributed by atoms with Crippen molar-refractivity contribution in [2.24, 2.45) is 5.92 Å². The lowest BCUT2D eigenvalue weighted by atomic mass is 9.71. The molecule has 0 amide bonds. The molecule has 3 aliphatic heterocycles. The maximum Gasteiger partial charge on any atom is 0.339 e. The van der Waals surface area contributed by atoms with Gasteiger partial charge in [-0.2, -0.15) is 0 Å². The van der Waals surface area contributed by atoms with Crippen LogP contribution in [-0.2, 0) is 56.1 Å². The zero-order valence-corrected chi connectivity index (χ0v) is 37.2. The van der Waals surface area contributed by atoms with E-state index in [1.807, 2.05) is 18.2 Å². The van der Waals surface area contributed by atoms with Crippen molar-refractivity contribution >= 4 is 22.9 Å². The first-order chi connectivity index (χ1) is 32.1. The number of aliphatic hydroxyl groups is 3. The van der Waals surface area contributed by atoms with Gasteiger partial charge in [0, 0.05) is 47.6 Å². The third kappa shape index (κ3) is 8.99. The predicted molar refractivity (Wildman–Crippen MR) is 247 cm³/mol. The molecule has 340 valence electrons. The molecule has 11 heteroatoms. The minimum atomic E-state index is -1.39. The van der Waals surface area contributed by atoms with E-state index in [2.05, 4.69) is 78.6 Å². The smallest absolute Gasteiger partial charge is 0.339 e. The Morgan fingerprint density at radius 1 is 0.879 bits per heavy atom. The molecule has 4 aromatic carbocycles. The second-order valence-corrected chi connectivity index (χ2v) is 18.1. The summed E-state index contributed by atoms with van der Waals surface area (Å²) in [6.07, 6.45) is 4.56. The summed E-state index contributed by atoms with van der Waals surface area (Å²) in [5, 5.41) is 30.7. The van der Waals surface area contributed by atoms with Crippen LogP contribution in [0.15, 0.2) is 117 Å². The fourth-order valence-corrected chi connectivity index (χ4v) is 10.3. The SMILES string of the molecule is C/C(CO)=C1\CCc2ccc3c(c2)CC#CC[C@@]2(C)Oc4ccc5c(CO)c(CCOCO)c(=O)oc5c4[C@@H](OC(=O)C[C@H]4C[C@@H](c5cccc(Cc6ccccc6)c5)C=C[C@@H]34)[C@@H]2OC1=O. The maximum absolute atomic E-state index is 15.0. The van der Waals surface area contributed by atoms with Crippen LogP contribution in [-0.4, -0.2) is 59.0 Å². The Hall–Kier alpha value is -6.29. The molecule has 5 aromatic rings. The number of hydrogen-bond donors (Lipinski definition) is 3. The molecule has 5 bridgehead atoms. The number of aryl methyl sites for hydroxylation is 1. The van der Waals surface area contributed by atoms with Gasteiger partial charge in [0.2, 0.25) is 0 Å². The minimum absolute atomic E-state index is 0.00260. The lowest BCUT2D eigenvalue weighted by molar-refractivity contribution is -0.190. The lowest BCUT2D eigenvalue weighted by Crippen LogP contribution is -2.54. The lowest BCUT2D eigenvalue weighted by Gasteiger charge is -2.45. The minimum Gasteiger partial charge on any atom is -0.482 e. The van der Waals surface area contributed by atoms with Gasteiger partial charge in [0.15, 0.2) is 17.8 Å². The van der Waals surface area contributed by atoms with Gasteiger partial charge in [0.25, 0.3) is 0 Å². The highest BCUT2D eigenvalue weighted by Gasteiger charge is 2.53. The molecule has 0 unspecified atom stereocenters. The Labute approximate surface area is 383 Å². The third-order valence-electron chi connectivity index (χ3n) is 13.8. The van der Waals surface area contributed by atoms with Crippen LogP contribution in [0.1, 0.15) is 108 Å². The van der Waals surface area contributed by atoms with Crippen LogP contribution in [0, 0.1) is 17.8 Å². The molecule has 66 heavy (non-hydrogen) atoms. The van der Waals surface area contributed by atoms with Crippen molar-refractivity contribution in [3.05, 3.63) is 169 Å². The van der Waals surface area contributed by atoms with E-state index in [1.54, 1.807) is 26.0 Å². The molecule has 4 aliphatic rings. The van der Waals surface area contributed by atoms with E-state index in [4.69, 9.17) is 23.4 Å². The molecule has 9 rings (SSSR count). The molecule has 11 nitrogen and oxygen atoms in total. The highest BCUT2D eigenvalue weighted by molar-refractivity contribution is 5.90. The van der Waals surface area contributed by atoms with E-state index in [0.717, 1.165) is 28.7 Å². The number of allylic oxidation sites excluding steroid dienone is 2. The van der Waals surface area contributed by atoms with Crippen molar-refractivity contribution in [3.8, 4) is 17.6 Å². The van der Waals surface area contributed by atoms with Crippen LogP contribution in [0.25, 0.3) is 11.0 Å². The van der Waals surface area contributed by atoms with Crippen LogP contribution < -0.4 is 10.4 Å². The Kier molecular flexibility index (Phi) is 13.1. The summed E-state index contributed by atoms with van der Waals surface area (Å²) < 4.78 is 31.2. The van der Waals surface area contributed by atoms with Crippen LogP contribution in [0.3, 0.4) is 0 Å². The summed E-state index contributed by atoms with van der Waals surface area (Å²) >= 11 is 0.